The van der Waals surface area contributed by atoms with Crippen molar-refractivity contribution in [3.8, 4) is 11.3 Å². The number of H-pyrrole nitrogens is 1. The summed E-state index contributed by atoms with van der Waals surface area (Å²) in [5, 5.41) is 8.97. The summed E-state index contributed by atoms with van der Waals surface area (Å²) in [4.78, 5) is 11.2. The van der Waals surface area contributed by atoms with E-state index in [1.165, 1.54) is 6.07 Å². The van der Waals surface area contributed by atoms with Crippen molar-refractivity contribution >= 4 is 17.4 Å². The summed E-state index contributed by atoms with van der Waals surface area (Å²) in [5.74, 6) is -0.299. The van der Waals surface area contributed by atoms with Gasteiger partial charge in [0.25, 0.3) is 0 Å². The Hall–Kier alpha value is -2.37. The highest BCUT2D eigenvalue weighted by Crippen LogP contribution is 2.31. The van der Waals surface area contributed by atoms with Gasteiger partial charge in [-0.05, 0) is 17.7 Å². The smallest absolute Gasteiger partial charge is 0.228 e. The van der Waals surface area contributed by atoms with Crippen molar-refractivity contribution in [3.05, 3.63) is 29.6 Å². The minimum absolute atomic E-state index is 0.194. The van der Waals surface area contributed by atoms with Gasteiger partial charge in [0.05, 0.1) is 17.8 Å². The first-order valence-corrected chi connectivity index (χ1v) is 5.07. The average Bonchev–Trinajstić information content (AvgIpc) is 2.83. The second kappa shape index (κ2) is 3.31. The van der Waals surface area contributed by atoms with Gasteiger partial charge >= 0.3 is 0 Å². The molecule has 86 valence electrons. The average molecular weight is 232 g/mol. The van der Waals surface area contributed by atoms with E-state index in [4.69, 9.17) is 5.73 Å². The van der Waals surface area contributed by atoms with Gasteiger partial charge in [-0.2, -0.15) is 5.10 Å². The van der Waals surface area contributed by atoms with Crippen molar-refractivity contribution in [1.82, 2.24) is 10.2 Å². The number of nitrogens with two attached hydrogens (primary N) is 1. The van der Waals surface area contributed by atoms with Crippen LogP contribution in [0, 0.1) is 5.82 Å². The van der Waals surface area contributed by atoms with Crippen LogP contribution in [0.2, 0.25) is 0 Å². The number of aromatic nitrogens is 2. The van der Waals surface area contributed by atoms with Gasteiger partial charge in [-0.3, -0.25) is 9.89 Å². The standard InChI is InChI=1S/C11H9FN4O/c12-7-2-5(8-4-9(13)16-15-8)1-6-3-10(17)14-11(6)7/h1-2,4H,3H2,(H,14,17)(H3,13,15,16). The SMILES string of the molecule is Nc1cc(-c2cc(F)c3c(c2)CC(=O)N3)[nH]n1. The van der Waals surface area contributed by atoms with E-state index < -0.39 is 5.82 Å². The maximum absolute atomic E-state index is 13.7. The highest BCUT2D eigenvalue weighted by Gasteiger charge is 2.22. The molecule has 17 heavy (non-hydrogen) atoms. The molecule has 0 atom stereocenters. The quantitative estimate of drug-likeness (QED) is 0.692. The van der Waals surface area contributed by atoms with Gasteiger partial charge in [-0.15, -0.1) is 0 Å². The molecule has 1 aromatic heterocycles. The number of aromatic amines is 1. The Balaban J connectivity index is 2.12. The van der Waals surface area contributed by atoms with Gasteiger partial charge in [0.1, 0.15) is 11.6 Å². The Bertz CT molecular complexity index is 620. The van der Waals surface area contributed by atoms with E-state index in [-0.39, 0.29) is 18.0 Å². The summed E-state index contributed by atoms with van der Waals surface area (Å²) < 4.78 is 13.7. The molecule has 0 radical (unpaired) electrons. The number of amides is 1. The molecule has 5 nitrogen and oxygen atoms in total. The minimum atomic E-state index is -0.448. The Morgan fingerprint density at radius 2 is 2.18 bits per heavy atom. The number of halogens is 1. The highest BCUT2D eigenvalue weighted by molar-refractivity contribution is 5.99. The number of nitrogen functional groups attached to an aromatic ring is 1. The number of fused-ring (bicyclic) bond motifs is 1. The number of nitrogens with zero attached hydrogens (tertiary/aromatic N) is 1. The molecule has 1 amide bonds. The third kappa shape index (κ3) is 1.54. The first kappa shape index (κ1) is 9.83. The first-order chi connectivity index (χ1) is 8.13. The normalized spacial score (nSPS) is 13.6. The van der Waals surface area contributed by atoms with Crippen molar-refractivity contribution in [2.24, 2.45) is 0 Å². The number of carbonyl (C=O) groups is 1. The second-order valence-corrected chi connectivity index (χ2v) is 3.92. The Labute approximate surface area is 95.8 Å². The van der Waals surface area contributed by atoms with E-state index in [2.05, 4.69) is 15.5 Å². The molecule has 1 aromatic carbocycles. The van der Waals surface area contributed by atoms with E-state index in [0.29, 0.717) is 22.6 Å². The van der Waals surface area contributed by atoms with Gasteiger partial charge in [0, 0.05) is 11.6 Å². The van der Waals surface area contributed by atoms with Crippen LogP contribution in [0.15, 0.2) is 18.2 Å². The summed E-state index contributed by atoms with van der Waals surface area (Å²) in [6, 6.07) is 4.71. The minimum Gasteiger partial charge on any atom is -0.382 e. The van der Waals surface area contributed by atoms with Crippen molar-refractivity contribution in [1.29, 1.82) is 0 Å². The zero-order valence-electron chi connectivity index (χ0n) is 8.75. The van der Waals surface area contributed by atoms with Crippen LogP contribution in [0.3, 0.4) is 0 Å². The van der Waals surface area contributed by atoms with Crippen LogP contribution in [0.25, 0.3) is 11.3 Å². The molecule has 4 N–H and O–H groups in total. The molecule has 1 aliphatic heterocycles. The predicted molar refractivity (Wildman–Crippen MR) is 60.7 cm³/mol. The second-order valence-electron chi connectivity index (χ2n) is 3.92. The lowest BCUT2D eigenvalue weighted by Crippen LogP contribution is -2.04. The van der Waals surface area contributed by atoms with Crippen LogP contribution in [0.4, 0.5) is 15.9 Å². The number of hydrogen-bond acceptors (Lipinski definition) is 3. The molecule has 0 unspecified atom stereocenters. The van der Waals surface area contributed by atoms with Crippen molar-refractivity contribution in [2.75, 3.05) is 11.1 Å². The van der Waals surface area contributed by atoms with Gasteiger partial charge < -0.3 is 11.1 Å². The van der Waals surface area contributed by atoms with Gasteiger partial charge in [-0.1, -0.05) is 0 Å². The number of rotatable bonds is 1. The molecule has 0 aliphatic carbocycles. The molecule has 6 heteroatoms. The zero-order chi connectivity index (χ0) is 12.0. The molecule has 2 heterocycles. The van der Waals surface area contributed by atoms with Crippen LogP contribution in [-0.4, -0.2) is 16.1 Å². The number of carbonyl (C=O) groups excluding carboxylic acids is 1. The summed E-state index contributed by atoms with van der Waals surface area (Å²) in [6.45, 7) is 0. The van der Waals surface area contributed by atoms with Gasteiger partial charge in [0.15, 0.2) is 0 Å². The lowest BCUT2D eigenvalue weighted by Gasteiger charge is -2.03. The molecule has 2 aromatic rings. The predicted octanol–water partition coefficient (Wildman–Crippen LogP) is 1.29. The third-order valence-corrected chi connectivity index (χ3v) is 2.70. The van der Waals surface area contributed by atoms with Gasteiger partial charge in [-0.25, -0.2) is 4.39 Å². The zero-order valence-corrected chi connectivity index (χ0v) is 8.75. The molecule has 3 rings (SSSR count). The van der Waals surface area contributed by atoms with Crippen LogP contribution in [0.1, 0.15) is 5.56 Å². The fourth-order valence-corrected chi connectivity index (χ4v) is 1.94. The first-order valence-electron chi connectivity index (χ1n) is 5.07. The summed E-state index contributed by atoms with van der Waals surface area (Å²) in [5.41, 5.74) is 7.66. The van der Waals surface area contributed by atoms with Crippen LogP contribution >= 0.6 is 0 Å². The van der Waals surface area contributed by atoms with Crippen molar-refractivity contribution in [3.63, 3.8) is 0 Å². The van der Waals surface area contributed by atoms with E-state index in [1.54, 1.807) is 12.1 Å². The van der Waals surface area contributed by atoms with E-state index in [0.717, 1.165) is 0 Å². The fourth-order valence-electron chi connectivity index (χ4n) is 1.94. The van der Waals surface area contributed by atoms with E-state index >= 15 is 0 Å². The molecular weight excluding hydrogens is 223 g/mol. The molecule has 0 saturated carbocycles. The lowest BCUT2D eigenvalue weighted by molar-refractivity contribution is -0.115. The maximum Gasteiger partial charge on any atom is 0.228 e. The Kier molecular flexibility index (Phi) is 1.91. The third-order valence-electron chi connectivity index (χ3n) is 2.70. The Morgan fingerprint density at radius 3 is 2.88 bits per heavy atom. The van der Waals surface area contributed by atoms with E-state index in [9.17, 15) is 9.18 Å². The maximum atomic E-state index is 13.7. The lowest BCUT2D eigenvalue weighted by atomic mass is 10.1. The monoisotopic (exact) mass is 232 g/mol. The molecular formula is C11H9FN4O. The summed E-state index contributed by atoms with van der Waals surface area (Å²) in [6.07, 6.45) is 0.198. The number of hydrogen-bond donors (Lipinski definition) is 3. The molecule has 0 spiro atoms. The number of nitrogens with one attached hydrogen (secondary N) is 2. The van der Waals surface area contributed by atoms with E-state index in [1.807, 2.05) is 0 Å². The topological polar surface area (TPSA) is 83.8 Å². The van der Waals surface area contributed by atoms with Crippen molar-refractivity contribution < 1.29 is 9.18 Å². The largest absolute Gasteiger partial charge is 0.382 e. The van der Waals surface area contributed by atoms with Crippen LogP contribution in [-0.2, 0) is 11.2 Å². The fraction of sp³-hybridized carbons (Fsp3) is 0.0909. The molecule has 0 bridgehead atoms. The molecule has 0 saturated heterocycles. The summed E-state index contributed by atoms with van der Waals surface area (Å²) in [7, 11) is 0. The molecule has 1 aliphatic rings. The van der Waals surface area contributed by atoms with Crippen molar-refractivity contribution in [2.45, 2.75) is 6.42 Å². The van der Waals surface area contributed by atoms with Crippen LogP contribution < -0.4 is 11.1 Å². The van der Waals surface area contributed by atoms with Crippen LogP contribution in [0.5, 0.6) is 0 Å². The Morgan fingerprint density at radius 1 is 1.35 bits per heavy atom. The molecule has 0 fully saturated rings. The highest BCUT2D eigenvalue weighted by atomic mass is 19.1. The number of benzene rings is 1. The van der Waals surface area contributed by atoms with Gasteiger partial charge in [0.2, 0.25) is 5.91 Å². The number of anilines is 2. The summed E-state index contributed by atoms with van der Waals surface area (Å²) >= 11 is 0.